The van der Waals surface area contributed by atoms with Crippen LogP contribution in [0.25, 0.3) is 0 Å². The number of hydrogen-bond acceptors (Lipinski definition) is 3. The maximum Gasteiger partial charge on any atom is 0.311 e. The molecule has 6 rings (SSSR count). The monoisotopic (exact) mass is 397 g/mol. The van der Waals surface area contributed by atoms with Crippen LogP contribution in [0.2, 0.25) is 0 Å². The second-order valence-corrected chi connectivity index (χ2v) is 10.6. The molecule has 5 nitrogen and oxygen atoms in total. The molecule has 1 N–H and O–H groups in total. The van der Waals surface area contributed by atoms with Crippen molar-refractivity contribution < 1.29 is 19.4 Å². The largest absolute Gasteiger partial charge is 0.497 e. The first kappa shape index (κ1) is 19.0. The Labute approximate surface area is 172 Å². The van der Waals surface area contributed by atoms with E-state index in [1.807, 2.05) is 17.0 Å². The van der Waals surface area contributed by atoms with Crippen LogP contribution in [0.4, 0.5) is 0 Å². The van der Waals surface area contributed by atoms with Crippen molar-refractivity contribution in [2.75, 3.05) is 20.2 Å². The van der Waals surface area contributed by atoms with E-state index in [-0.39, 0.29) is 16.7 Å². The molecule has 3 atom stereocenters. The maximum absolute atomic E-state index is 13.8. The number of aliphatic carboxylic acids is 1. The van der Waals surface area contributed by atoms with Gasteiger partial charge in [-0.2, -0.15) is 0 Å². The highest BCUT2D eigenvalue weighted by Gasteiger charge is 2.62. The third-order valence-electron chi connectivity index (χ3n) is 8.49. The summed E-state index contributed by atoms with van der Waals surface area (Å²) in [5, 5.41) is 9.59. The van der Waals surface area contributed by atoms with Crippen molar-refractivity contribution in [1.29, 1.82) is 0 Å². The second-order valence-electron chi connectivity index (χ2n) is 10.6. The number of rotatable bonds is 4. The van der Waals surface area contributed by atoms with Crippen LogP contribution in [0.1, 0.15) is 57.4 Å². The lowest BCUT2D eigenvalue weighted by Crippen LogP contribution is -2.59. The minimum absolute atomic E-state index is 0.0852. The van der Waals surface area contributed by atoms with E-state index in [0.29, 0.717) is 31.3 Å². The number of likely N-dealkylation sites (tertiary alicyclic amines) is 1. The van der Waals surface area contributed by atoms with E-state index in [1.165, 1.54) is 24.8 Å². The van der Waals surface area contributed by atoms with E-state index < -0.39 is 11.4 Å². The van der Waals surface area contributed by atoms with Crippen molar-refractivity contribution in [3.8, 4) is 5.75 Å². The number of hydrogen-bond donors (Lipinski definition) is 1. The van der Waals surface area contributed by atoms with Gasteiger partial charge in [0.15, 0.2) is 0 Å². The standard InChI is InChI=1S/C24H31NO4/c1-22(21(27)28)7-8-25(15-22)20(26)24-12-16-9-17(13-24)11-23(10-16,14-24)18-3-5-19(29-2)6-4-18/h3-6,16-17H,7-15H2,1-2H3,(H,27,28). The molecule has 0 spiro atoms. The number of carbonyl (C=O) groups is 2. The molecule has 4 bridgehead atoms. The Bertz CT molecular complexity index is 833. The van der Waals surface area contributed by atoms with Crippen LogP contribution in [-0.4, -0.2) is 42.1 Å². The molecule has 1 amide bonds. The van der Waals surface area contributed by atoms with Crippen LogP contribution < -0.4 is 4.74 Å². The van der Waals surface area contributed by atoms with E-state index in [4.69, 9.17) is 4.74 Å². The van der Waals surface area contributed by atoms with Gasteiger partial charge in [0.25, 0.3) is 0 Å². The summed E-state index contributed by atoms with van der Waals surface area (Å²) >= 11 is 0. The molecule has 5 heteroatoms. The lowest BCUT2D eigenvalue weighted by Gasteiger charge is -2.62. The van der Waals surface area contributed by atoms with Crippen molar-refractivity contribution in [3.05, 3.63) is 29.8 Å². The van der Waals surface area contributed by atoms with Crippen LogP contribution in [0.3, 0.4) is 0 Å². The van der Waals surface area contributed by atoms with Gasteiger partial charge in [-0.3, -0.25) is 9.59 Å². The number of carboxylic acids is 1. The highest BCUT2D eigenvalue weighted by atomic mass is 16.5. The van der Waals surface area contributed by atoms with E-state index in [0.717, 1.165) is 25.0 Å². The second kappa shape index (κ2) is 6.23. The molecule has 4 aliphatic carbocycles. The number of ether oxygens (including phenoxy) is 1. The van der Waals surface area contributed by atoms with Gasteiger partial charge in [-0.25, -0.2) is 0 Å². The fourth-order valence-electron chi connectivity index (χ4n) is 7.44. The summed E-state index contributed by atoms with van der Waals surface area (Å²) in [5.41, 5.74) is 0.336. The molecular weight excluding hydrogens is 366 g/mol. The molecule has 5 fully saturated rings. The topological polar surface area (TPSA) is 66.8 Å². The fourth-order valence-corrected chi connectivity index (χ4v) is 7.44. The normalized spacial score (nSPS) is 40.3. The van der Waals surface area contributed by atoms with Crippen LogP contribution in [0.15, 0.2) is 24.3 Å². The van der Waals surface area contributed by atoms with Gasteiger partial charge in [-0.1, -0.05) is 12.1 Å². The number of benzene rings is 1. The van der Waals surface area contributed by atoms with Gasteiger partial charge in [0.1, 0.15) is 5.75 Å². The third-order valence-corrected chi connectivity index (χ3v) is 8.49. The molecule has 1 aromatic carbocycles. The number of amides is 1. The molecule has 29 heavy (non-hydrogen) atoms. The summed E-state index contributed by atoms with van der Waals surface area (Å²) < 4.78 is 5.34. The van der Waals surface area contributed by atoms with E-state index in [2.05, 4.69) is 12.1 Å². The van der Waals surface area contributed by atoms with Crippen molar-refractivity contribution in [3.63, 3.8) is 0 Å². The first-order chi connectivity index (χ1) is 13.8. The van der Waals surface area contributed by atoms with Gasteiger partial charge in [0, 0.05) is 13.1 Å². The van der Waals surface area contributed by atoms with Crippen LogP contribution >= 0.6 is 0 Å². The molecule has 4 saturated carbocycles. The Morgan fingerprint density at radius 1 is 1.10 bits per heavy atom. The van der Waals surface area contributed by atoms with Crippen molar-refractivity contribution in [2.45, 2.75) is 57.3 Å². The summed E-state index contributed by atoms with van der Waals surface area (Å²) in [6.45, 7) is 2.71. The summed E-state index contributed by atoms with van der Waals surface area (Å²) in [7, 11) is 1.69. The lowest BCUT2D eigenvalue weighted by atomic mass is 9.42. The minimum Gasteiger partial charge on any atom is -0.497 e. The minimum atomic E-state index is -0.800. The van der Waals surface area contributed by atoms with Gasteiger partial charge in [0.05, 0.1) is 17.9 Å². The van der Waals surface area contributed by atoms with E-state index in [9.17, 15) is 14.7 Å². The zero-order valence-electron chi connectivity index (χ0n) is 17.4. The molecule has 0 radical (unpaired) electrons. The van der Waals surface area contributed by atoms with Crippen LogP contribution in [0, 0.1) is 22.7 Å². The first-order valence-electron chi connectivity index (χ1n) is 10.9. The molecule has 1 saturated heterocycles. The Kier molecular flexibility index (Phi) is 4.07. The average molecular weight is 398 g/mol. The van der Waals surface area contributed by atoms with Crippen LogP contribution in [0.5, 0.6) is 5.75 Å². The van der Waals surface area contributed by atoms with Gasteiger partial charge < -0.3 is 14.7 Å². The number of nitrogens with zero attached hydrogens (tertiary/aromatic N) is 1. The fraction of sp³-hybridized carbons (Fsp3) is 0.667. The smallest absolute Gasteiger partial charge is 0.311 e. The molecule has 156 valence electrons. The zero-order valence-corrected chi connectivity index (χ0v) is 17.4. The number of carboxylic acid groups (broad SMARTS) is 1. The lowest BCUT2D eigenvalue weighted by molar-refractivity contribution is -0.160. The predicted octanol–water partition coefficient (Wildman–Crippen LogP) is 3.86. The molecule has 3 unspecified atom stereocenters. The molecule has 1 heterocycles. The van der Waals surface area contributed by atoms with Gasteiger partial charge in [-0.05, 0) is 86.8 Å². The number of carbonyl (C=O) groups excluding carboxylic acids is 1. The average Bonchev–Trinajstić information content (AvgIpc) is 3.10. The Hall–Kier alpha value is -2.04. The Morgan fingerprint density at radius 3 is 2.31 bits per heavy atom. The first-order valence-corrected chi connectivity index (χ1v) is 10.9. The summed E-state index contributed by atoms with van der Waals surface area (Å²) in [5.74, 6) is 1.53. The molecule has 0 aromatic heterocycles. The van der Waals surface area contributed by atoms with Crippen molar-refractivity contribution in [2.24, 2.45) is 22.7 Å². The summed E-state index contributed by atoms with van der Waals surface area (Å²) in [4.78, 5) is 27.4. The molecule has 1 aromatic rings. The predicted molar refractivity (Wildman–Crippen MR) is 109 cm³/mol. The highest BCUT2D eigenvalue weighted by Crippen LogP contribution is 2.66. The van der Waals surface area contributed by atoms with Gasteiger partial charge in [0.2, 0.25) is 5.91 Å². The van der Waals surface area contributed by atoms with Gasteiger partial charge >= 0.3 is 5.97 Å². The SMILES string of the molecule is COc1ccc(C23CC4CC(CC(C(=O)N5CCC(C)(C(=O)O)C5)(C4)C2)C3)cc1. The molecule has 5 aliphatic rings. The highest BCUT2D eigenvalue weighted by molar-refractivity contribution is 5.85. The quantitative estimate of drug-likeness (QED) is 0.838. The molecular formula is C24H31NO4. The third kappa shape index (κ3) is 2.80. The van der Waals surface area contributed by atoms with Crippen molar-refractivity contribution in [1.82, 2.24) is 4.90 Å². The summed E-state index contributed by atoms with van der Waals surface area (Å²) in [6, 6.07) is 8.48. The van der Waals surface area contributed by atoms with Crippen LogP contribution in [-0.2, 0) is 15.0 Å². The van der Waals surface area contributed by atoms with Crippen molar-refractivity contribution >= 4 is 11.9 Å². The van der Waals surface area contributed by atoms with Gasteiger partial charge in [-0.15, -0.1) is 0 Å². The van der Waals surface area contributed by atoms with E-state index >= 15 is 0 Å². The number of methoxy groups -OCH3 is 1. The maximum atomic E-state index is 13.8. The molecule has 1 aliphatic heterocycles. The Morgan fingerprint density at radius 2 is 1.76 bits per heavy atom. The summed E-state index contributed by atoms with van der Waals surface area (Å²) in [6.07, 6.45) is 7.05. The Balaban J connectivity index is 1.45. The van der Waals surface area contributed by atoms with E-state index in [1.54, 1.807) is 14.0 Å². The zero-order chi connectivity index (χ0) is 20.4.